The summed E-state index contributed by atoms with van der Waals surface area (Å²) in [4.78, 5) is 9.51. The van der Waals surface area contributed by atoms with Gasteiger partial charge in [0, 0.05) is 31.5 Å². The van der Waals surface area contributed by atoms with Gasteiger partial charge in [0.25, 0.3) is 0 Å². The normalized spacial score (nSPS) is 18.3. The van der Waals surface area contributed by atoms with Crippen molar-refractivity contribution in [1.29, 1.82) is 0 Å². The molecule has 1 saturated heterocycles. The third-order valence-corrected chi connectivity index (χ3v) is 4.11. The summed E-state index contributed by atoms with van der Waals surface area (Å²) in [7, 11) is 2.21. The molecule has 1 aromatic rings. The lowest BCUT2D eigenvalue weighted by molar-refractivity contribution is 0.216. The number of hydrogen-bond donors (Lipinski definition) is 0. The van der Waals surface area contributed by atoms with Crippen molar-refractivity contribution in [1.82, 2.24) is 19.4 Å². The highest BCUT2D eigenvalue weighted by atomic mass is 15.2. The monoisotopic (exact) mass is 278 g/mol. The molecule has 0 amide bonds. The largest absolute Gasteiger partial charge is 0.331 e. The predicted octanol–water partition coefficient (Wildman–Crippen LogP) is 2.63. The van der Waals surface area contributed by atoms with Crippen molar-refractivity contribution < 1.29 is 0 Å². The van der Waals surface area contributed by atoms with E-state index in [1.807, 2.05) is 6.20 Å². The van der Waals surface area contributed by atoms with E-state index in [1.54, 1.807) is 0 Å². The zero-order valence-corrected chi connectivity index (χ0v) is 13.5. The van der Waals surface area contributed by atoms with Crippen molar-refractivity contribution in [3.63, 3.8) is 0 Å². The van der Waals surface area contributed by atoms with Crippen LogP contribution in [0.5, 0.6) is 0 Å². The number of rotatable bonds is 7. The second-order valence-corrected chi connectivity index (χ2v) is 6.65. The third kappa shape index (κ3) is 4.32. The molecule has 1 aromatic heterocycles. The summed E-state index contributed by atoms with van der Waals surface area (Å²) >= 11 is 0. The standard InChI is InChI=1S/C16H30N4/c1-14(2)20-10-7-17-16(20)13-18(4)11-15(3)12-19-8-5-6-9-19/h7,10,14-15H,5-6,8-9,11-13H2,1-4H3. The van der Waals surface area contributed by atoms with Crippen LogP contribution in [0.1, 0.15) is 45.5 Å². The summed E-state index contributed by atoms with van der Waals surface area (Å²) in [5, 5.41) is 0. The zero-order valence-electron chi connectivity index (χ0n) is 13.5. The summed E-state index contributed by atoms with van der Waals surface area (Å²) in [6.45, 7) is 12.7. The Labute approximate surface area is 123 Å². The van der Waals surface area contributed by atoms with E-state index in [1.165, 1.54) is 38.3 Å². The highest BCUT2D eigenvalue weighted by molar-refractivity contribution is 4.94. The van der Waals surface area contributed by atoms with Crippen LogP contribution in [0.25, 0.3) is 0 Å². The van der Waals surface area contributed by atoms with E-state index in [9.17, 15) is 0 Å². The van der Waals surface area contributed by atoms with Crippen LogP contribution in [0.15, 0.2) is 12.4 Å². The fourth-order valence-corrected chi connectivity index (χ4v) is 3.24. The number of nitrogens with zero attached hydrogens (tertiary/aromatic N) is 4. The molecule has 1 unspecified atom stereocenters. The molecular weight excluding hydrogens is 248 g/mol. The van der Waals surface area contributed by atoms with E-state index in [2.05, 4.69) is 53.4 Å². The lowest BCUT2D eigenvalue weighted by atomic mass is 10.1. The van der Waals surface area contributed by atoms with Crippen molar-refractivity contribution in [2.75, 3.05) is 33.2 Å². The minimum Gasteiger partial charge on any atom is -0.331 e. The first-order valence-electron chi connectivity index (χ1n) is 7.99. The van der Waals surface area contributed by atoms with Gasteiger partial charge in [0.15, 0.2) is 0 Å². The van der Waals surface area contributed by atoms with Gasteiger partial charge in [0.05, 0.1) is 6.54 Å². The third-order valence-electron chi connectivity index (χ3n) is 4.11. The second-order valence-electron chi connectivity index (χ2n) is 6.65. The maximum Gasteiger partial charge on any atom is 0.123 e. The van der Waals surface area contributed by atoms with Crippen LogP contribution in [-0.2, 0) is 6.54 Å². The molecule has 0 saturated carbocycles. The van der Waals surface area contributed by atoms with Crippen LogP contribution in [0.3, 0.4) is 0 Å². The van der Waals surface area contributed by atoms with Gasteiger partial charge in [-0.05, 0) is 52.7 Å². The molecule has 0 aromatic carbocycles. The Morgan fingerprint density at radius 2 is 1.95 bits per heavy atom. The van der Waals surface area contributed by atoms with Crippen molar-refractivity contribution >= 4 is 0 Å². The Hall–Kier alpha value is -0.870. The van der Waals surface area contributed by atoms with Crippen LogP contribution >= 0.6 is 0 Å². The minimum absolute atomic E-state index is 0.489. The van der Waals surface area contributed by atoms with Gasteiger partial charge in [0.1, 0.15) is 5.82 Å². The molecule has 114 valence electrons. The first-order valence-corrected chi connectivity index (χ1v) is 7.99. The Morgan fingerprint density at radius 3 is 2.60 bits per heavy atom. The van der Waals surface area contributed by atoms with Crippen molar-refractivity contribution in [2.45, 2.75) is 46.2 Å². The molecule has 1 aliphatic rings. The Kier molecular flexibility index (Phi) is 5.61. The van der Waals surface area contributed by atoms with Crippen LogP contribution in [0, 0.1) is 5.92 Å². The quantitative estimate of drug-likeness (QED) is 0.766. The summed E-state index contributed by atoms with van der Waals surface area (Å²) in [6.07, 6.45) is 6.76. The molecule has 4 heteroatoms. The fourth-order valence-electron chi connectivity index (χ4n) is 3.24. The highest BCUT2D eigenvalue weighted by Crippen LogP contribution is 2.13. The lowest BCUT2D eigenvalue weighted by Crippen LogP contribution is -2.33. The van der Waals surface area contributed by atoms with Crippen molar-refractivity contribution in [3.05, 3.63) is 18.2 Å². The number of hydrogen-bond acceptors (Lipinski definition) is 3. The number of likely N-dealkylation sites (tertiary alicyclic amines) is 1. The van der Waals surface area contributed by atoms with E-state index >= 15 is 0 Å². The van der Waals surface area contributed by atoms with Gasteiger partial charge in [-0.1, -0.05) is 6.92 Å². The van der Waals surface area contributed by atoms with Gasteiger partial charge in [-0.3, -0.25) is 4.90 Å². The van der Waals surface area contributed by atoms with Crippen LogP contribution in [0.4, 0.5) is 0 Å². The first-order chi connectivity index (χ1) is 9.56. The molecule has 0 radical (unpaired) electrons. The summed E-state index contributed by atoms with van der Waals surface area (Å²) < 4.78 is 2.27. The fraction of sp³-hybridized carbons (Fsp3) is 0.812. The van der Waals surface area contributed by atoms with Gasteiger partial charge in [-0.15, -0.1) is 0 Å². The summed E-state index contributed by atoms with van der Waals surface area (Å²) in [5.41, 5.74) is 0. The topological polar surface area (TPSA) is 24.3 Å². The zero-order chi connectivity index (χ0) is 14.5. The van der Waals surface area contributed by atoms with Crippen molar-refractivity contribution in [2.24, 2.45) is 5.92 Å². The van der Waals surface area contributed by atoms with Crippen LogP contribution < -0.4 is 0 Å². The van der Waals surface area contributed by atoms with Crippen LogP contribution in [-0.4, -0.2) is 52.6 Å². The van der Waals surface area contributed by atoms with E-state index < -0.39 is 0 Å². The van der Waals surface area contributed by atoms with Gasteiger partial charge < -0.3 is 9.47 Å². The molecule has 0 spiro atoms. The van der Waals surface area contributed by atoms with E-state index in [-0.39, 0.29) is 0 Å². The molecule has 0 bridgehead atoms. The smallest absolute Gasteiger partial charge is 0.123 e. The maximum absolute atomic E-state index is 4.50. The number of aromatic nitrogens is 2. The average Bonchev–Trinajstić information content (AvgIpc) is 2.99. The van der Waals surface area contributed by atoms with Crippen LogP contribution in [0.2, 0.25) is 0 Å². The Morgan fingerprint density at radius 1 is 1.25 bits per heavy atom. The highest BCUT2D eigenvalue weighted by Gasteiger charge is 2.16. The van der Waals surface area contributed by atoms with E-state index in [4.69, 9.17) is 0 Å². The van der Waals surface area contributed by atoms with Crippen molar-refractivity contribution in [3.8, 4) is 0 Å². The summed E-state index contributed by atoms with van der Waals surface area (Å²) in [5.74, 6) is 1.90. The Bertz CT molecular complexity index is 393. The predicted molar refractivity (Wildman–Crippen MR) is 83.8 cm³/mol. The SMILES string of the molecule is CC(CN(C)Cc1nccn1C(C)C)CN1CCCC1. The minimum atomic E-state index is 0.489. The summed E-state index contributed by atoms with van der Waals surface area (Å²) in [6, 6.07) is 0.489. The second kappa shape index (κ2) is 7.23. The first kappa shape index (κ1) is 15.5. The molecule has 2 heterocycles. The average molecular weight is 278 g/mol. The Balaban J connectivity index is 1.79. The van der Waals surface area contributed by atoms with Gasteiger partial charge >= 0.3 is 0 Å². The lowest BCUT2D eigenvalue weighted by Gasteiger charge is -2.25. The van der Waals surface area contributed by atoms with Gasteiger partial charge in [-0.25, -0.2) is 4.98 Å². The van der Waals surface area contributed by atoms with Gasteiger partial charge in [-0.2, -0.15) is 0 Å². The molecule has 0 N–H and O–H groups in total. The molecule has 1 aliphatic heterocycles. The molecule has 1 fully saturated rings. The molecule has 0 aliphatic carbocycles. The molecule has 4 nitrogen and oxygen atoms in total. The number of imidazole rings is 1. The maximum atomic E-state index is 4.50. The molecule has 20 heavy (non-hydrogen) atoms. The van der Waals surface area contributed by atoms with E-state index in [0.717, 1.165) is 19.0 Å². The van der Waals surface area contributed by atoms with E-state index in [0.29, 0.717) is 6.04 Å². The molecular formula is C16H30N4. The molecule has 1 atom stereocenters. The molecule has 2 rings (SSSR count). The van der Waals surface area contributed by atoms with Gasteiger partial charge in [0.2, 0.25) is 0 Å².